The van der Waals surface area contributed by atoms with Gasteiger partial charge in [-0.25, -0.2) is 14.5 Å². The van der Waals surface area contributed by atoms with E-state index in [1.165, 1.54) is 12.1 Å². The van der Waals surface area contributed by atoms with Crippen molar-refractivity contribution in [3.63, 3.8) is 0 Å². The second kappa shape index (κ2) is 4.54. The number of carbonyl (C=O) groups is 1. The third kappa shape index (κ3) is 2.68. The van der Waals surface area contributed by atoms with Crippen molar-refractivity contribution in [3.8, 4) is 5.82 Å². The fourth-order valence-electron chi connectivity index (χ4n) is 1.30. The van der Waals surface area contributed by atoms with Crippen LogP contribution in [-0.4, -0.2) is 25.8 Å². The predicted octanol–water partition coefficient (Wildman–Crippen LogP) is 2.64. The molecule has 0 radical (unpaired) electrons. The van der Waals surface area contributed by atoms with Gasteiger partial charge in [0.15, 0.2) is 11.5 Å². The number of aromatic nitrogens is 3. The first kappa shape index (κ1) is 13.3. The molecule has 2 rings (SSSR count). The summed E-state index contributed by atoms with van der Waals surface area (Å²) in [5.41, 5.74) is -1.41. The Balaban J connectivity index is 2.45. The number of alkyl halides is 3. The molecule has 0 aliphatic rings. The van der Waals surface area contributed by atoms with Gasteiger partial charge in [-0.1, -0.05) is 11.6 Å². The van der Waals surface area contributed by atoms with Gasteiger partial charge in [0.2, 0.25) is 0 Å². The van der Waals surface area contributed by atoms with Crippen molar-refractivity contribution >= 4 is 17.6 Å². The molecule has 2 heterocycles. The van der Waals surface area contributed by atoms with Gasteiger partial charge in [0.05, 0.1) is 16.8 Å². The van der Waals surface area contributed by atoms with Crippen molar-refractivity contribution < 1.29 is 23.1 Å². The molecule has 5 nitrogen and oxygen atoms in total. The van der Waals surface area contributed by atoms with Crippen LogP contribution in [0.4, 0.5) is 13.2 Å². The molecule has 100 valence electrons. The van der Waals surface area contributed by atoms with Crippen LogP contribution in [0.3, 0.4) is 0 Å². The minimum atomic E-state index is -4.53. The van der Waals surface area contributed by atoms with Crippen LogP contribution in [0.25, 0.3) is 5.82 Å². The standard InChI is InChI=1S/C10H5ClF3N3O2/c11-6-1-2-7(16-8(6)9(18)19)17-4-5(3-15-17)10(12,13)14/h1-4H,(H,18,19). The molecule has 0 aromatic carbocycles. The van der Waals surface area contributed by atoms with E-state index in [0.717, 1.165) is 4.68 Å². The van der Waals surface area contributed by atoms with Crippen LogP contribution in [0.2, 0.25) is 5.02 Å². The molecular formula is C10H5ClF3N3O2. The van der Waals surface area contributed by atoms with Crippen molar-refractivity contribution in [2.45, 2.75) is 6.18 Å². The van der Waals surface area contributed by atoms with Crippen molar-refractivity contribution in [1.29, 1.82) is 0 Å². The number of aromatic carboxylic acids is 1. The Kier molecular flexibility index (Phi) is 3.19. The molecule has 9 heteroatoms. The summed E-state index contributed by atoms with van der Waals surface area (Å²) < 4.78 is 38.0. The van der Waals surface area contributed by atoms with Gasteiger partial charge in [-0.2, -0.15) is 18.3 Å². The number of pyridine rings is 1. The van der Waals surface area contributed by atoms with Crippen LogP contribution in [-0.2, 0) is 6.18 Å². The largest absolute Gasteiger partial charge is 0.476 e. The van der Waals surface area contributed by atoms with Gasteiger partial charge in [-0.15, -0.1) is 0 Å². The summed E-state index contributed by atoms with van der Waals surface area (Å²) in [6.07, 6.45) is -3.20. The average molecular weight is 292 g/mol. The first-order chi connectivity index (χ1) is 8.79. The van der Waals surface area contributed by atoms with E-state index in [9.17, 15) is 18.0 Å². The monoisotopic (exact) mass is 291 g/mol. The molecule has 0 unspecified atom stereocenters. The Morgan fingerprint density at radius 1 is 1.37 bits per heavy atom. The van der Waals surface area contributed by atoms with E-state index < -0.39 is 23.4 Å². The Bertz CT molecular complexity index is 639. The van der Waals surface area contributed by atoms with Crippen LogP contribution in [0.5, 0.6) is 0 Å². The van der Waals surface area contributed by atoms with Crippen LogP contribution in [0, 0.1) is 0 Å². The fraction of sp³-hybridized carbons (Fsp3) is 0.100. The quantitative estimate of drug-likeness (QED) is 0.923. The zero-order valence-corrected chi connectivity index (χ0v) is 9.77. The maximum Gasteiger partial charge on any atom is 0.419 e. The normalized spacial score (nSPS) is 11.6. The van der Waals surface area contributed by atoms with E-state index in [4.69, 9.17) is 16.7 Å². The van der Waals surface area contributed by atoms with Crippen LogP contribution in [0.1, 0.15) is 16.1 Å². The summed E-state index contributed by atoms with van der Waals surface area (Å²) in [6, 6.07) is 2.49. The van der Waals surface area contributed by atoms with Gasteiger partial charge in [0.25, 0.3) is 0 Å². The number of halogens is 4. The molecule has 0 spiro atoms. The van der Waals surface area contributed by atoms with Gasteiger partial charge < -0.3 is 5.11 Å². The van der Waals surface area contributed by atoms with Crippen LogP contribution < -0.4 is 0 Å². The minimum Gasteiger partial charge on any atom is -0.476 e. The zero-order chi connectivity index (χ0) is 14.2. The topological polar surface area (TPSA) is 68.0 Å². The molecule has 0 atom stereocenters. The minimum absolute atomic E-state index is 0.0719. The van der Waals surface area contributed by atoms with E-state index in [-0.39, 0.29) is 10.8 Å². The number of rotatable bonds is 2. The zero-order valence-electron chi connectivity index (χ0n) is 9.02. The molecule has 0 saturated heterocycles. The van der Waals surface area contributed by atoms with Crippen LogP contribution in [0.15, 0.2) is 24.5 Å². The maximum absolute atomic E-state index is 12.4. The molecule has 2 aromatic rings. The molecular weight excluding hydrogens is 287 g/mol. The summed E-state index contributed by atoms with van der Waals surface area (Å²) >= 11 is 5.60. The SMILES string of the molecule is O=C(O)c1nc(-n2cc(C(F)(F)F)cn2)ccc1Cl. The molecule has 1 N–H and O–H groups in total. The third-order valence-corrected chi connectivity index (χ3v) is 2.48. The first-order valence-electron chi connectivity index (χ1n) is 4.81. The van der Waals surface area contributed by atoms with E-state index in [2.05, 4.69) is 10.1 Å². The molecule has 0 aliphatic heterocycles. The van der Waals surface area contributed by atoms with E-state index in [1.807, 2.05) is 0 Å². The van der Waals surface area contributed by atoms with Gasteiger partial charge in [-0.3, -0.25) is 0 Å². The number of hydrogen-bond donors (Lipinski definition) is 1. The van der Waals surface area contributed by atoms with E-state index in [1.54, 1.807) is 0 Å². The van der Waals surface area contributed by atoms with Crippen molar-refractivity contribution in [2.24, 2.45) is 0 Å². The van der Waals surface area contributed by atoms with E-state index >= 15 is 0 Å². The molecule has 0 amide bonds. The van der Waals surface area contributed by atoms with Crippen molar-refractivity contribution in [2.75, 3.05) is 0 Å². The van der Waals surface area contributed by atoms with Gasteiger partial charge in [0, 0.05) is 6.20 Å². The molecule has 19 heavy (non-hydrogen) atoms. The predicted molar refractivity (Wildman–Crippen MR) is 58.3 cm³/mol. The maximum atomic E-state index is 12.4. The molecule has 0 saturated carbocycles. The highest BCUT2D eigenvalue weighted by Gasteiger charge is 2.32. The lowest BCUT2D eigenvalue weighted by Crippen LogP contribution is -2.07. The Morgan fingerprint density at radius 2 is 2.05 bits per heavy atom. The lowest BCUT2D eigenvalue weighted by atomic mass is 10.3. The van der Waals surface area contributed by atoms with Crippen LogP contribution >= 0.6 is 11.6 Å². The van der Waals surface area contributed by atoms with Gasteiger partial charge >= 0.3 is 12.1 Å². The highest BCUT2D eigenvalue weighted by atomic mass is 35.5. The number of hydrogen-bond acceptors (Lipinski definition) is 3. The Labute approximate surface area is 109 Å². The summed E-state index contributed by atoms with van der Waals surface area (Å²) in [6.45, 7) is 0. The molecule has 2 aromatic heterocycles. The number of carboxylic acid groups (broad SMARTS) is 1. The highest BCUT2D eigenvalue weighted by molar-refractivity contribution is 6.33. The number of carboxylic acids is 1. The lowest BCUT2D eigenvalue weighted by molar-refractivity contribution is -0.137. The average Bonchev–Trinajstić information content (AvgIpc) is 2.78. The Morgan fingerprint density at radius 3 is 2.58 bits per heavy atom. The second-order valence-electron chi connectivity index (χ2n) is 3.48. The van der Waals surface area contributed by atoms with E-state index in [0.29, 0.717) is 12.4 Å². The summed E-state index contributed by atoms with van der Waals surface area (Å²) in [7, 11) is 0. The summed E-state index contributed by atoms with van der Waals surface area (Å²) in [4.78, 5) is 14.5. The molecule has 0 aliphatic carbocycles. The first-order valence-corrected chi connectivity index (χ1v) is 5.19. The summed E-state index contributed by atoms with van der Waals surface area (Å²) in [5.74, 6) is -1.45. The third-order valence-electron chi connectivity index (χ3n) is 2.18. The molecule has 0 fully saturated rings. The second-order valence-corrected chi connectivity index (χ2v) is 3.88. The van der Waals surface area contributed by atoms with Gasteiger partial charge in [0.1, 0.15) is 0 Å². The number of nitrogens with zero attached hydrogens (tertiary/aromatic N) is 3. The highest BCUT2D eigenvalue weighted by Crippen LogP contribution is 2.29. The van der Waals surface area contributed by atoms with Crippen molar-refractivity contribution in [3.05, 3.63) is 40.8 Å². The Hall–Kier alpha value is -2.09. The van der Waals surface area contributed by atoms with Crippen molar-refractivity contribution in [1.82, 2.24) is 14.8 Å². The summed E-state index contributed by atoms with van der Waals surface area (Å²) in [5, 5.41) is 12.2. The molecule has 0 bridgehead atoms. The lowest BCUT2D eigenvalue weighted by Gasteiger charge is -2.04. The fourth-order valence-corrected chi connectivity index (χ4v) is 1.49. The smallest absolute Gasteiger partial charge is 0.419 e. The van der Waals surface area contributed by atoms with Gasteiger partial charge in [-0.05, 0) is 12.1 Å².